The smallest absolute Gasteiger partial charge is 0.234 e. The number of halogens is 2. The lowest BCUT2D eigenvalue weighted by Crippen LogP contribution is -2.18. The Hall–Kier alpha value is -2.42. The fourth-order valence-corrected chi connectivity index (χ4v) is 4.10. The molecule has 1 aliphatic heterocycles. The summed E-state index contributed by atoms with van der Waals surface area (Å²) >= 11 is 7.17. The van der Waals surface area contributed by atoms with Gasteiger partial charge in [0.1, 0.15) is 5.82 Å². The molecule has 0 aliphatic carbocycles. The van der Waals surface area contributed by atoms with Crippen molar-refractivity contribution in [2.45, 2.75) is 30.6 Å². The zero-order valence-corrected chi connectivity index (χ0v) is 17.6. The van der Waals surface area contributed by atoms with E-state index in [0.29, 0.717) is 28.2 Å². The maximum atomic E-state index is 13.3. The van der Waals surface area contributed by atoms with Gasteiger partial charge in [-0.15, -0.1) is 10.2 Å². The fourth-order valence-electron chi connectivity index (χ4n) is 3.22. The van der Waals surface area contributed by atoms with Gasteiger partial charge in [-0.2, -0.15) is 0 Å². The molecule has 1 N–H and O–H groups in total. The largest absolute Gasteiger partial charge is 0.376 e. The average Bonchev–Trinajstić information content (AvgIpc) is 3.39. The minimum absolute atomic E-state index is 0.0717. The predicted molar refractivity (Wildman–Crippen MR) is 115 cm³/mol. The van der Waals surface area contributed by atoms with Gasteiger partial charge in [0.2, 0.25) is 5.91 Å². The number of nitrogens with one attached hydrogen (secondary N) is 1. The first-order chi connectivity index (χ1) is 14.6. The molecule has 1 atom stereocenters. The molecule has 1 saturated heterocycles. The van der Waals surface area contributed by atoms with E-state index >= 15 is 0 Å². The molecular formula is C21H20ClFN4O2S. The van der Waals surface area contributed by atoms with Crippen molar-refractivity contribution in [2.24, 2.45) is 0 Å². The van der Waals surface area contributed by atoms with Gasteiger partial charge in [0, 0.05) is 22.9 Å². The second-order valence-corrected chi connectivity index (χ2v) is 8.28. The highest BCUT2D eigenvalue weighted by atomic mass is 35.5. The van der Waals surface area contributed by atoms with Crippen LogP contribution in [-0.4, -0.2) is 39.1 Å². The SMILES string of the molecule is O=C(CSc1nnc(-c2ccc(F)cc2)n1C[C@@H]1CCCO1)Nc1ccc(Cl)cc1. The highest BCUT2D eigenvalue weighted by Gasteiger charge is 2.22. The molecule has 0 unspecified atom stereocenters. The van der Waals surface area contributed by atoms with E-state index in [1.54, 1.807) is 36.4 Å². The second-order valence-electron chi connectivity index (χ2n) is 6.90. The van der Waals surface area contributed by atoms with Crippen LogP contribution in [0.15, 0.2) is 53.7 Å². The number of ether oxygens (including phenoxy) is 1. The van der Waals surface area contributed by atoms with Gasteiger partial charge in [0.25, 0.3) is 0 Å². The first-order valence-electron chi connectivity index (χ1n) is 9.57. The number of aromatic nitrogens is 3. The Morgan fingerprint density at radius 2 is 1.97 bits per heavy atom. The Bertz CT molecular complexity index is 1000. The monoisotopic (exact) mass is 446 g/mol. The third-order valence-corrected chi connectivity index (χ3v) is 5.91. The molecule has 9 heteroatoms. The van der Waals surface area contributed by atoms with Crippen molar-refractivity contribution in [3.05, 3.63) is 59.4 Å². The fraction of sp³-hybridized carbons (Fsp3) is 0.286. The van der Waals surface area contributed by atoms with E-state index in [0.717, 1.165) is 25.0 Å². The van der Waals surface area contributed by atoms with Gasteiger partial charge in [0.05, 0.1) is 18.4 Å². The number of amides is 1. The summed E-state index contributed by atoms with van der Waals surface area (Å²) in [6.45, 7) is 1.32. The number of carbonyl (C=O) groups excluding carboxylic acids is 1. The molecule has 1 fully saturated rings. The van der Waals surface area contributed by atoms with Crippen LogP contribution in [-0.2, 0) is 16.1 Å². The Morgan fingerprint density at radius 1 is 1.20 bits per heavy atom. The minimum Gasteiger partial charge on any atom is -0.376 e. The predicted octanol–water partition coefficient (Wildman–Crippen LogP) is 4.65. The molecule has 2 aromatic carbocycles. The van der Waals surface area contributed by atoms with E-state index in [2.05, 4.69) is 15.5 Å². The van der Waals surface area contributed by atoms with Gasteiger partial charge >= 0.3 is 0 Å². The van der Waals surface area contributed by atoms with E-state index in [1.165, 1.54) is 23.9 Å². The third kappa shape index (κ3) is 5.19. The Labute approximate surface area is 182 Å². The second kappa shape index (κ2) is 9.59. The molecular weight excluding hydrogens is 427 g/mol. The summed E-state index contributed by atoms with van der Waals surface area (Å²) < 4.78 is 21.0. The average molecular weight is 447 g/mol. The van der Waals surface area contributed by atoms with Crippen LogP contribution in [0.4, 0.5) is 10.1 Å². The van der Waals surface area contributed by atoms with Crippen LogP contribution >= 0.6 is 23.4 Å². The molecule has 3 aromatic rings. The summed E-state index contributed by atoms with van der Waals surface area (Å²) in [4.78, 5) is 12.4. The van der Waals surface area contributed by atoms with Crippen molar-refractivity contribution in [3.63, 3.8) is 0 Å². The van der Waals surface area contributed by atoms with Crippen molar-refractivity contribution in [1.82, 2.24) is 14.8 Å². The Kier molecular flexibility index (Phi) is 6.66. The van der Waals surface area contributed by atoms with Crippen molar-refractivity contribution >= 4 is 35.0 Å². The topological polar surface area (TPSA) is 69.0 Å². The molecule has 30 heavy (non-hydrogen) atoms. The first-order valence-corrected chi connectivity index (χ1v) is 10.9. The Balaban J connectivity index is 1.49. The molecule has 2 heterocycles. The molecule has 0 saturated carbocycles. The van der Waals surface area contributed by atoms with Crippen LogP contribution in [0.1, 0.15) is 12.8 Å². The summed E-state index contributed by atoms with van der Waals surface area (Å²) in [6, 6.07) is 13.1. The number of nitrogens with zero attached hydrogens (tertiary/aromatic N) is 3. The lowest BCUT2D eigenvalue weighted by molar-refractivity contribution is -0.113. The van der Waals surface area contributed by atoms with Gasteiger partial charge in [0.15, 0.2) is 11.0 Å². The van der Waals surface area contributed by atoms with Crippen LogP contribution in [0.3, 0.4) is 0 Å². The zero-order chi connectivity index (χ0) is 20.9. The normalized spacial score (nSPS) is 16.0. The van der Waals surface area contributed by atoms with E-state index in [9.17, 15) is 9.18 Å². The van der Waals surface area contributed by atoms with Gasteiger partial charge in [-0.25, -0.2) is 4.39 Å². The highest BCUT2D eigenvalue weighted by molar-refractivity contribution is 7.99. The molecule has 0 radical (unpaired) electrons. The lowest BCUT2D eigenvalue weighted by atomic mass is 10.2. The van der Waals surface area contributed by atoms with Gasteiger partial charge in [-0.3, -0.25) is 9.36 Å². The highest BCUT2D eigenvalue weighted by Crippen LogP contribution is 2.27. The number of rotatable bonds is 7. The number of benzene rings is 2. The molecule has 1 aromatic heterocycles. The lowest BCUT2D eigenvalue weighted by Gasteiger charge is -2.14. The number of carbonyl (C=O) groups is 1. The van der Waals surface area contributed by atoms with Crippen molar-refractivity contribution in [1.29, 1.82) is 0 Å². The summed E-state index contributed by atoms with van der Waals surface area (Å²) in [6.07, 6.45) is 2.05. The van der Waals surface area contributed by atoms with Crippen LogP contribution < -0.4 is 5.32 Å². The maximum absolute atomic E-state index is 13.3. The van der Waals surface area contributed by atoms with E-state index in [-0.39, 0.29) is 23.6 Å². The maximum Gasteiger partial charge on any atom is 0.234 e. The van der Waals surface area contributed by atoms with E-state index in [4.69, 9.17) is 16.3 Å². The first kappa shape index (κ1) is 20.8. The number of hydrogen-bond acceptors (Lipinski definition) is 5. The summed E-state index contributed by atoms with van der Waals surface area (Å²) in [5.41, 5.74) is 1.44. The molecule has 1 aliphatic rings. The van der Waals surface area contributed by atoms with Gasteiger partial charge in [-0.05, 0) is 61.4 Å². The molecule has 0 bridgehead atoms. The quantitative estimate of drug-likeness (QED) is 0.535. The van der Waals surface area contributed by atoms with Crippen LogP contribution in [0, 0.1) is 5.82 Å². The van der Waals surface area contributed by atoms with Crippen molar-refractivity contribution in [2.75, 3.05) is 17.7 Å². The zero-order valence-electron chi connectivity index (χ0n) is 16.1. The van der Waals surface area contributed by atoms with Crippen LogP contribution in [0.25, 0.3) is 11.4 Å². The summed E-state index contributed by atoms with van der Waals surface area (Å²) in [5, 5.41) is 12.6. The third-order valence-electron chi connectivity index (χ3n) is 4.69. The van der Waals surface area contributed by atoms with E-state index < -0.39 is 0 Å². The number of anilines is 1. The van der Waals surface area contributed by atoms with Crippen molar-refractivity contribution < 1.29 is 13.9 Å². The molecule has 156 valence electrons. The number of hydrogen-bond donors (Lipinski definition) is 1. The summed E-state index contributed by atoms with van der Waals surface area (Å²) in [7, 11) is 0. The molecule has 1 amide bonds. The number of thioether (sulfide) groups is 1. The standard InChI is InChI=1S/C21H20ClFN4O2S/c22-15-5-9-17(10-6-15)24-19(28)13-30-21-26-25-20(14-3-7-16(23)8-4-14)27(21)12-18-2-1-11-29-18/h3-10,18H,1-2,11-13H2,(H,24,28)/t18-/m0/s1. The van der Waals surface area contributed by atoms with Crippen LogP contribution in [0.2, 0.25) is 5.02 Å². The van der Waals surface area contributed by atoms with Crippen LogP contribution in [0.5, 0.6) is 0 Å². The van der Waals surface area contributed by atoms with Gasteiger partial charge < -0.3 is 10.1 Å². The summed E-state index contributed by atoms with van der Waals surface area (Å²) in [5.74, 6) is 0.344. The van der Waals surface area contributed by atoms with Gasteiger partial charge in [-0.1, -0.05) is 23.4 Å². The molecule has 6 nitrogen and oxygen atoms in total. The van der Waals surface area contributed by atoms with E-state index in [1.807, 2.05) is 4.57 Å². The van der Waals surface area contributed by atoms with Crippen molar-refractivity contribution in [3.8, 4) is 11.4 Å². The Morgan fingerprint density at radius 3 is 2.67 bits per heavy atom. The molecule has 0 spiro atoms. The minimum atomic E-state index is -0.308. The molecule has 4 rings (SSSR count).